The molecule has 0 amide bonds. The van der Waals surface area contributed by atoms with E-state index in [9.17, 15) is 0 Å². The summed E-state index contributed by atoms with van der Waals surface area (Å²) in [6, 6.07) is 51.6. The summed E-state index contributed by atoms with van der Waals surface area (Å²) in [5, 5.41) is 5.59. The summed E-state index contributed by atoms with van der Waals surface area (Å²) >= 11 is 0. The third kappa shape index (κ3) is 5.93. The number of hydrogen-bond donors (Lipinski definition) is 0. The summed E-state index contributed by atoms with van der Waals surface area (Å²) in [7, 11) is -2.89. The Morgan fingerprint density at radius 2 is 0.935 bits per heavy atom. The van der Waals surface area contributed by atoms with Gasteiger partial charge in [-0.2, -0.15) is 0 Å². The third-order valence-corrected chi connectivity index (χ3v) is 14.6. The predicted molar refractivity (Wildman–Crippen MR) is 201 cm³/mol. The van der Waals surface area contributed by atoms with Crippen molar-refractivity contribution < 1.29 is 4.65 Å². The number of benzene rings is 6. The highest BCUT2D eigenvalue weighted by atomic mass is 28.3. The van der Waals surface area contributed by atoms with Gasteiger partial charge in [-0.3, -0.25) is 0 Å². The summed E-state index contributed by atoms with van der Waals surface area (Å²) in [5.41, 5.74) is 11.5. The van der Waals surface area contributed by atoms with Gasteiger partial charge >= 0.3 is 6.92 Å². The molecule has 0 heterocycles. The van der Waals surface area contributed by atoms with Gasteiger partial charge in [0.05, 0.1) is 6.61 Å². The van der Waals surface area contributed by atoms with Crippen LogP contribution in [0.5, 0.6) is 0 Å². The van der Waals surface area contributed by atoms with Crippen LogP contribution < -0.4 is 31.7 Å². The van der Waals surface area contributed by atoms with Gasteiger partial charge in [-0.25, -0.2) is 0 Å². The third-order valence-electron chi connectivity index (χ3n) is 9.37. The topological polar surface area (TPSA) is 9.23 Å². The summed E-state index contributed by atoms with van der Waals surface area (Å²) in [6.45, 7) is 13.8. The zero-order chi connectivity index (χ0) is 32.3. The Kier molecular flexibility index (Phi) is 9.26. The normalized spacial score (nSPS) is 11.4. The van der Waals surface area contributed by atoms with Gasteiger partial charge in [0.25, 0.3) is 0 Å². The second-order valence-electron chi connectivity index (χ2n) is 12.8. The van der Waals surface area contributed by atoms with Gasteiger partial charge in [-0.05, 0) is 78.8 Å². The lowest BCUT2D eigenvalue weighted by molar-refractivity contribution is 0.321. The molecule has 0 aliphatic heterocycles. The Hall–Kier alpha value is -4.44. The van der Waals surface area contributed by atoms with Crippen molar-refractivity contribution in [2.75, 3.05) is 0 Å². The Morgan fingerprint density at radius 1 is 0.500 bits per heavy atom. The van der Waals surface area contributed by atoms with Crippen LogP contribution in [0.2, 0.25) is 0 Å². The molecule has 0 N–H and O–H groups in total. The summed E-state index contributed by atoms with van der Waals surface area (Å²) in [4.78, 5) is 0. The number of hydrogen-bond acceptors (Lipinski definition) is 1. The van der Waals surface area contributed by atoms with Crippen molar-refractivity contribution >= 4 is 46.7 Å². The summed E-state index contributed by atoms with van der Waals surface area (Å²) in [6.07, 6.45) is 0. The highest BCUT2D eigenvalue weighted by Crippen LogP contribution is 2.17. The molecule has 0 unspecified atom stereocenters. The van der Waals surface area contributed by atoms with Crippen LogP contribution in [0, 0.1) is 41.5 Å². The maximum absolute atomic E-state index is 7.15. The van der Waals surface area contributed by atoms with Gasteiger partial charge in [-0.1, -0.05) is 173 Å². The van der Waals surface area contributed by atoms with E-state index >= 15 is 0 Å². The second kappa shape index (κ2) is 13.5. The molecule has 0 spiro atoms. The van der Waals surface area contributed by atoms with E-state index in [1.54, 1.807) is 0 Å². The second-order valence-corrected chi connectivity index (χ2v) is 16.5. The molecule has 46 heavy (non-hydrogen) atoms. The first-order valence-corrected chi connectivity index (χ1v) is 18.3. The van der Waals surface area contributed by atoms with Crippen LogP contribution in [0.4, 0.5) is 0 Å². The van der Waals surface area contributed by atoms with Crippen LogP contribution in [-0.2, 0) is 11.3 Å². The number of rotatable bonds is 9. The Morgan fingerprint density at radius 3 is 1.46 bits per heavy atom. The van der Waals surface area contributed by atoms with Crippen LogP contribution >= 0.6 is 0 Å². The zero-order valence-corrected chi connectivity index (χ0v) is 29.0. The molecule has 0 aliphatic rings. The minimum atomic E-state index is -2.89. The van der Waals surface area contributed by atoms with E-state index in [2.05, 4.69) is 181 Å². The van der Waals surface area contributed by atoms with Crippen LogP contribution in [-0.4, -0.2) is 15.0 Å². The van der Waals surface area contributed by atoms with Crippen molar-refractivity contribution in [2.24, 2.45) is 0 Å². The molecular weight excluding hydrogens is 571 g/mol. The van der Waals surface area contributed by atoms with Crippen molar-refractivity contribution in [1.82, 2.24) is 0 Å². The Balaban J connectivity index is 1.72. The van der Waals surface area contributed by atoms with Crippen molar-refractivity contribution in [3.05, 3.63) is 178 Å². The van der Waals surface area contributed by atoms with E-state index in [1.165, 1.54) is 70.6 Å². The van der Waals surface area contributed by atoms with Crippen LogP contribution in [0.3, 0.4) is 0 Å². The minimum Gasteiger partial charge on any atom is -0.423 e. The van der Waals surface area contributed by atoms with E-state index in [-0.39, 0.29) is 6.92 Å². The molecule has 1 nitrogen and oxygen atoms in total. The lowest BCUT2D eigenvalue weighted by atomic mass is 9.52. The first-order valence-electron chi connectivity index (χ1n) is 16.3. The minimum absolute atomic E-state index is 0.248. The molecule has 0 bridgehead atoms. The maximum Gasteiger partial charge on any atom is 0.362 e. The van der Waals surface area contributed by atoms with Crippen LogP contribution in [0.1, 0.15) is 38.9 Å². The first kappa shape index (κ1) is 31.5. The van der Waals surface area contributed by atoms with Crippen LogP contribution in [0.25, 0.3) is 0 Å². The van der Waals surface area contributed by atoms with Gasteiger partial charge in [0.15, 0.2) is 8.07 Å². The molecule has 6 aromatic rings. The summed E-state index contributed by atoms with van der Waals surface area (Å²) < 4.78 is 7.15. The van der Waals surface area contributed by atoms with E-state index in [0.29, 0.717) is 6.61 Å². The Labute approximate surface area is 277 Å². The average molecular weight is 615 g/mol. The fraction of sp³-hybridized carbons (Fsp3) is 0.163. The van der Waals surface area contributed by atoms with E-state index < -0.39 is 8.07 Å². The van der Waals surface area contributed by atoms with Crippen LogP contribution in [0.15, 0.2) is 140 Å². The zero-order valence-electron chi connectivity index (χ0n) is 28.0. The Bertz CT molecular complexity index is 1870. The van der Waals surface area contributed by atoms with Gasteiger partial charge in [0.2, 0.25) is 0 Å². The molecule has 6 rings (SSSR count). The highest BCUT2D eigenvalue weighted by Gasteiger charge is 2.46. The van der Waals surface area contributed by atoms with Crippen molar-refractivity contribution in [3.8, 4) is 0 Å². The molecule has 0 aliphatic carbocycles. The molecule has 0 saturated heterocycles. The summed E-state index contributed by atoms with van der Waals surface area (Å²) in [5.74, 6) is 0. The van der Waals surface area contributed by atoms with Crippen molar-refractivity contribution in [1.29, 1.82) is 0 Å². The SMILES string of the molecule is Cc1cc(C)c(B(OCc2ccccc2)c2ccccc2[Si](c2ccccc2)(c2ccccc2)c2c(C)cc(C)cc2C)c(C)c1. The highest BCUT2D eigenvalue weighted by molar-refractivity contribution is 7.21. The van der Waals surface area contributed by atoms with Gasteiger partial charge < -0.3 is 4.65 Å². The van der Waals surface area contributed by atoms with Gasteiger partial charge in [0.1, 0.15) is 0 Å². The predicted octanol–water partition coefficient (Wildman–Crippen LogP) is 6.24. The van der Waals surface area contributed by atoms with Crippen molar-refractivity contribution in [2.45, 2.75) is 48.1 Å². The molecule has 0 atom stereocenters. The molecule has 0 fully saturated rings. The maximum atomic E-state index is 7.15. The molecule has 0 aromatic heterocycles. The lowest BCUT2D eigenvalue weighted by Gasteiger charge is -2.39. The van der Waals surface area contributed by atoms with E-state index in [0.717, 1.165) is 0 Å². The molecule has 6 aromatic carbocycles. The van der Waals surface area contributed by atoms with E-state index in [4.69, 9.17) is 4.65 Å². The lowest BCUT2D eigenvalue weighted by Crippen LogP contribution is -2.79. The van der Waals surface area contributed by atoms with Gasteiger partial charge in [-0.15, -0.1) is 0 Å². The van der Waals surface area contributed by atoms with Crippen molar-refractivity contribution in [3.63, 3.8) is 0 Å². The fourth-order valence-corrected chi connectivity index (χ4v) is 13.3. The van der Waals surface area contributed by atoms with E-state index in [1.807, 2.05) is 0 Å². The van der Waals surface area contributed by atoms with Gasteiger partial charge in [0, 0.05) is 0 Å². The smallest absolute Gasteiger partial charge is 0.362 e. The fourth-order valence-electron chi connectivity index (χ4n) is 7.80. The molecule has 0 radical (unpaired) electrons. The average Bonchev–Trinajstić information content (AvgIpc) is 3.05. The molecule has 0 saturated carbocycles. The molecule has 228 valence electrons. The first-order chi connectivity index (χ1) is 22.3. The quantitative estimate of drug-likeness (QED) is 0.139. The standard InChI is InChI=1S/C43H43BOSi/c1-31-26-33(3)42(34(4)27-31)44(45-30-37-18-10-7-11-19-37)40-24-16-17-25-41(40)46(38-20-12-8-13-21-38,39-22-14-9-15-23-39)43-35(5)28-32(2)29-36(43)6/h7-29H,30H2,1-6H3. The molecular formula is C43H43BOSi. The number of aryl methyl sites for hydroxylation is 6. The largest absolute Gasteiger partial charge is 0.423 e. The monoisotopic (exact) mass is 614 g/mol. The molecule has 3 heteroatoms.